The van der Waals surface area contributed by atoms with Crippen LogP contribution in [0.4, 0.5) is 0 Å². The number of nitrogens with zero attached hydrogens (tertiary/aromatic N) is 2. The summed E-state index contributed by atoms with van der Waals surface area (Å²) in [6.07, 6.45) is 3.94. The second kappa shape index (κ2) is 9.66. The Labute approximate surface area is 180 Å². The minimum atomic E-state index is -3.61. The summed E-state index contributed by atoms with van der Waals surface area (Å²) in [4.78, 5) is 15.1. The lowest BCUT2D eigenvalue weighted by Gasteiger charge is -2.39. The molecule has 7 nitrogen and oxygen atoms in total. The first-order valence-electron chi connectivity index (χ1n) is 10.9. The number of carbonyl (C=O) groups excluding carboxylic acids is 1. The maximum atomic E-state index is 13.5. The average molecular weight is 438 g/mol. The van der Waals surface area contributed by atoms with Crippen molar-refractivity contribution in [2.24, 2.45) is 5.92 Å². The van der Waals surface area contributed by atoms with E-state index in [0.29, 0.717) is 37.6 Å². The second-order valence-corrected chi connectivity index (χ2v) is 10.6. The second-order valence-electron chi connectivity index (χ2n) is 8.77. The molecule has 30 heavy (non-hydrogen) atoms. The predicted molar refractivity (Wildman–Crippen MR) is 117 cm³/mol. The van der Waals surface area contributed by atoms with Crippen LogP contribution in [-0.2, 0) is 14.8 Å². The van der Waals surface area contributed by atoms with Crippen LogP contribution < -0.4 is 10.1 Å². The molecule has 1 heterocycles. The van der Waals surface area contributed by atoms with Crippen LogP contribution in [0.5, 0.6) is 5.75 Å². The maximum absolute atomic E-state index is 13.5. The quantitative estimate of drug-likeness (QED) is 0.642. The number of hydrogen-bond acceptors (Lipinski definition) is 5. The summed E-state index contributed by atoms with van der Waals surface area (Å²) in [6.45, 7) is 5.41. The van der Waals surface area contributed by atoms with E-state index in [1.807, 2.05) is 11.9 Å². The number of carbonyl (C=O) groups is 1. The lowest BCUT2D eigenvalue weighted by molar-refractivity contribution is -0.135. The first-order valence-corrected chi connectivity index (χ1v) is 12.4. The van der Waals surface area contributed by atoms with Gasteiger partial charge in [0.05, 0.1) is 18.0 Å². The molecule has 8 heteroatoms. The summed E-state index contributed by atoms with van der Waals surface area (Å²) in [5.74, 6) is 1.09. The van der Waals surface area contributed by atoms with E-state index in [0.717, 1.165) is 19.3 Å². The van der Waals surface area contributed by atoms with E-state index in [1.54, 1.807) is 28.6 Å². The fraction of sp³-hybridized carbons (Fsp3) is 0.682. The summed E-state index contributed by atoms with van der Waals surface area (Å²) in [7, 11) is -0.244. The Morgan fingerprint density at radius 1 is 1.20 bits per heavy atom. The van der Waals surface area contributed by atoms with Crippen LogP contribution in [0.2, 0.25) is 0 Å². The van der Waals surface area contributed by atoms with Gasteiger partial charge in [-0.1, -0.05) is 19.9 Å². The minimum absolute atomic E-state index is 0.0689. The lowest BCUT2D eigenvalue weighted by atomic mass is 10.00. The van der Waals surface area contributed by atoms with Gasteiger partial charge in [0.15, 0.2) is 0 Å². The van der Waals surface area contributed by atoms with Crippen molar-refractivity contribution in [3.63, 3.8) is 0 Å². The van der Waals surface area contributed by atoms with Crippen molar-refractivity contribution in [3.05, 3.63) is 24.3 Å². The monoisotopic (exact) mass is 437 g/mol. The van der Waals surface area contributed by atoms with Crippen LogP contribution in [0.3, 0.4) is 0 Å². The zero-order valence-electron chi connectivity index (χ0n) is 18.5. The van der Waals surface area contributed by atoms with Crippen LogP contribution in [-0.4, -0.2) is 68.9 Å². The number of hydrogen-bond donors (Lipinski definition) is 1. The molecule has 2 aliphatic rings. The van der Waals surface area contributed by atoms with Gasteiger partial charge in [-0.25, -0.2) is 8.42 Å². The molecule has 1 aliphatic heterocycles. The van der Waals surface area contributed by atoms with Gasteiger partial charge in [-0.05, 0) is 57.2 Å². The number of amides is 1. The highest BCUT2D eigenvalue weighted by Gasteiger charge is 2.44. The maximum Gasteiger partial charge on any atom is 0.243 e. The van der Waals surface area contributed by atoms with Crippen molar-refractivity contribution in [1.82, 2.24) is 14.5 Å². The summed E-state index contributed by atoms with van der Waals surface area (Å²) in [5, 5.41) is 3.14. The van der Waals surface area contributed by atoms with Gasteiger partial charge in [-0.2, -0.15) is 4.31 Å². The van der Waals surface area contributed by atoms with Gasteiger partial charge in [0, 0.05) is 31.2 Å². The average Bonchev–Trinajstić information content (AvgIpc) is 3.56. The highest BCUT2D eigenvalue weighted by molar-refractivity contribution is 7.89. The third-order valence-electron chi connectivity index (χ3n) is 6.01. The van der Waals surface area contributed by atoms with Crippen molar-refractivity contribution in [1.29, 1.82) is 0 Å². The molecule has 1 unspecified atom stereocenters. The Morgan fingerprint density at radius 3 is 2.37 bits per heavy atom. The van der Waals surface area contributed by atoms with Crippen LogP contribution >= 0.6 is 0 Å². The Bertz CT molecular complexity index is 831. The Hall–Kier alpha value is -1.64. The lowest BCUT2D eigenvalue weighted by Crippen LogP contribution is -2.53. The predicted octanol–water partition coefficient (Wildman–Crippen LogP) is 2.47. The van der Waals surface area contributed by atoms with E-state index < -0.39 is 10.0 Å². The van der Waals surface area contributed by atoms with Crippen molar-refractivity contribution in [2.45, 2.75) is 69.0 Å². The number of likely N-dealkylation sites (tertiary alicyclic amines) is 1. The molecule has 0 bridgehead atoms. The molecule has 168 valence electrons. The molecule has 2 fully saturated rings. The van der Waals surface area contributed by atoms with Crippen LogP contribution in [0.15, 0.2) is 29.2 Å². The van der Waals surface area contributed by atoms with E-state index >= 15 is 0 Å². The summed E-state index contributed by atoms with van der Waals surface area (Å²) < 4.78 is 33.8. The Morgan fingerprint density at radius 2 is 1.83 bits per heavy atom. The van der Waals surface area contributed by atoms with Gasteiger partial charge in [0.2, 0.25) is 15.9 Å². The largest absolute Gasteiger partial charge is 0.497 e. The highest BCUT2D eigenvalue weighted by atomic mass is 32.2. The molecule has 0 aromatic heterocycles. The van der Waals surface area contributed by atoms with Crippen molar-refractivity contribution in [2.75, 3.05) is 27.2 Å². The number of nitrogens with one attached hydrogen (secondary N) is 1. The normalized spacial score (nSPS) is 19.3. The third kappa shape index (κ3) is 5.15. The zero-order valence-corrected chi connectivity index (χ0v) is 19.3. The number of sulfonamides is 1. The van der Waals surface area contributed by atoms with E-state index in [1.165, 1.54) is 7.11 Å². The smallest absolute Gasteiger partial charge is 0.243 e. The SMILES string of the molecule is CNC(CC(C)C)C(=O)N1CCC(N(C2CC2)S(=O)(=O)c2cccc(OC)c2)CC1. The van der Waals surface area contributed by atoms with Crippen molar-refractivity contribution in [3.8, 4) is 5.75 Å². The number of methoxy groups -OCH3 is 1. The van der Waals surface area contributed by atoms with Gasteiger partial charge in [-0.3, -0.25) is 4.79 Å². The Kier molecular flexibility index (Phi) is 7.42. The molecule has 0 spiro atoms. The minimum Gasteiger partial charge on any atom is -0.497 e. The molecule has 0 radical (unpaired) electrons. The van der Waals surface area contributed by atoms with Crippen LogP contribution in [0.1, 0.15) is 46.0 Å². The number of rotatable bonds is 9. The van der Waals surface area contributed by atoms with Gasteiger partial charge in [0.25, 0.3) is 0 Å². The number of benzene rings is 1. The molecule has 1 saturated carbocycles. The molecular formula is C22H35N3O4S. The van der Waals surface area contributed by atoms with E-state index in [2.05, 4.69) is 19.2 Å². The van der Waals surface area contributed by atoms with E-state index in [4.69, 9.17) is 4.74 Å². The highest BCUT2D eigenvalue weighted by Crippen LogP contribution is 2.37. The molecular weight excluding hydrogens is 402 g/mol. The van der Waals surface area contributed by atoms with E-state index in [9.17, 15) is 13.2 Å². The summed E-state index contributed by atoms with van der Waals surface area (Å²) in [6, 6.07) is 6.50. The first-order chi connectivity index (χ1) is 14.3. The van der Waals surface area contributed by atoms with Crippen LogP contribution in [0.25, 0.3) is 0 Å². The standard InChI is InChI=1S/C22H35N3O4S/c1-16(2)14-21(23-3)22(26)24-12-10-18(11-13-24)25(17-8-9-17)30(27,28)20-7-5-6-19(15-20)29-4/h5-7,15-18,21,23H,8-14H2,1-4H3. The molecule has 3 rings (SSSR count). The number of piperidine rings is 1. The fourth-order valence-electron chi connectivity index (χ4n) is 4.28. The van der Waals surface area contributed by atoms with Crippen molar-refractivity contribution >= 4 is 15.9 Å². The molecule has 1 aliphatic carbocycles. The number of likely N-dealkylation sites (N-methyl/N-ethyl adjacent to an activating group) is 1. The van der Waals surface area contributed by atoms with Gasteiger partial charge in [-0.15, -0.1) is 0 Å². The summed E-state index contributed by atoms with van der Waals surface area (Å²) >= 11 is 0. The molecule has 1 saturated heterocycles. The Balaban J connectivity index is 1.71. The van der Waals surface area contributed by atoms with Gasteiger partial charge in [0.1, 0.15) is 5.75 Å². The summed E-state index contributed by atoms with van der Waals surface area (Å²) in [5.41, 5.74) is 0. The van der Waals surface area contributed by atoms with Gasteiger partial charge < -0.3 is 15.0 Å². The van der Waals surface area contributed by atoms with Crippen LogP contribution in [0, 0.1) is 5.92 Å². The zero-order chi connectivity index (χ0) is 21.9. The third-order valence-corrected chi connectivity index (χ3v) is 8.01. The molecule has 1 amide bonds. The molecule has 1 aromatic rings. The topological polar surface area (TPSA) is 79.0 Å². The van der Waals surface area contributed by atoms with Gasteiger partial charge >= 0.3 is 0 Å². The van der Waals surface area contributed by atoms with E-state index in [-0.39, 0.29) is 28.9 Å². The number of ether oxygens (including phenoxy) is 1. The fourth-order valence-corrected chi connectivity index (χ4v) is 6.24. The first kappa shape index (κ1) is 23.0. The molecule has 1 aromatic carbocycles. The molecule has 1 N–H and O–H groups in total. The van der Waals surface area contributed by atoms with Crippen molar-refractivity contribution < 1.29 is 17.9 Å². The molecule has 1 atom stereocenters.